The summed E-state index contributed by atoms with van der Waals surface area (Å²) in [7, 11) is -1.65. The standard InChI is InChI=1S/C33H36N2O5S/c1-24(26-10-5-3-6-11-26)35(2)22-30-21-32(27-18-16-25(23-36)17-19-27)40-33(39-30)28-12-9-13-29(20-28)34-41(37,38)31-14-7-4-8-15-31/h3-20,24,30,32-34,36H,21-23H2,1-2H3/t24-,30+,32-,33-/m0/s1. The predicted octanol–water partition coefficient (Wildman–Crippen LogP) is 6.22. The molecule has 1 saturated heterocycles. The minimum Gasteiger partial charge on any atom is -0.392 e. The SMILES string of the molecule is C[C@@H](c1ccccc1)N(C)C[C@H]1C[C@@H](c2ccc(CO)cc2)O[C@@H](c2cccc(NS(=O)(=O)c3ccccc3)c2)O1. The van der Waals surface area contributed by atoms with Crippen molar-refractivity contribution in [1.29, 1.82) is 0 Å². The number of sulfonamides is 1. The number of ether oxygens (including phenoxy) is 2. The first-order chi connectivity index (χ1) is 19.8. The number of likely N-dealkylation sites (N-methyl/N-ethyl adjacent to an activating group) is 1. The number of aliphatic hydroxyl groups is 1. The molecule has 2 N–H and O–H groups in total. The van der Waals surface area contributed by atoms with Crippen LogP contribution < -0.4 is 4.72 Å². The maximum atomic E-state index is 12.9. The molecule has 1 aliphatic heterocycles. The highest BCUT2D eigenvalue weighted by atomic mass is 32.2. The average Bonchev–Trinajstić information content (AvgIpc) is 3.01. The van der Waals surface area contributed by atoms with E-state index in [4.69, 9.17) is 9.47 Å². The molecule has 0 bridgehead atoms. The van der Waals surface area contributed by atoms with E-state index in [2.05, 4.69) is 35.7 Å². The van der Waals surface area contributed by atoms with Gasteiger partial charge in [-0.15, -0.1) is 0 Å². The van der Waals surface area contributed by atoms with Gasteiger partial charge in [0, 0.05) is 30.3 Å². The van der Waals surface area contributed by atoms with Crippen molar-refractivity contribution in [2.45, 2.75) is 49.4 Å². The monoisotopic (exact) mass is 572 g/mol. The minimum atomic E-state index is -3.74. The Kier molecular flexibility index (Phi) is 9.17. The molecule has 1 fully saturated rings. The Morgan fingerprint density at radius 3 is 2.24 bits per heavy atom. The molecule has 1 aliphatic rings. The van der Waals surface area contributed by atoms with Gasteiger partial charge in [0.05, 0.1) is 23.7 Å². The van der Waals surface area contributed by atoms with Crippen LogP contribution in [0.5, 0.6) is 0 Å². The molecule has 1 heterocycles. The zero-order valence-electron chi connectivity index (χ0n) is 23.3. The van der Waals surface area contributed by atoms with Gasteiger partial charge >= 0.3 is 0 Å². The van der Waals surface area contributed by atoms with Crippen molar-refractivity contribution < 1.29 is 23.0 Å². The summed E-state index contributed by atoms with van der Waals surface area (Å²) in [6, 6.07) is 33.8. The van der Waals surface area contributed by atoms with Gasteiger partial charge in [-0.1, -0.05) is 84.9 Å². The fraction of sp³-hybridized carbons (Fsp3) is 0.273. The summed E-state index contributed by atoms with van der Waals surface area (Å²) in [4.78, 5) is 2.47. The third-order valence-electron chi connectivity index (χ3n) is 7.51. The van der Waals surface area contributed by atoms with E-state index in [9.17, 15) is 13.5 Å². The van der Waals surface area contributed by atoms with Gasteiger partial charge in [-0.05, 0) is 54.9 Å². The molecule has 0 saturated carbocycles. The van der Waals surface area contributed by atoms with Crippen LogP contribution in [0.2, 0.25) is 0 Å². The predicted molar refractivity (Wildman–Crippen MR) is 160 cm³/mol. The Balaban J connectivity index is 1.38. The molecule has 0 aliphatic carbocycles. The Morgan fingerprint density at radius 2 is 1.56 bits per heavy atom. The van der Waals surface area contributed by atoms with E-state index in [0.717, 1.165) is 16.7 Å². The fourth-order valence-electron chi connectivity index (χ4n) is 5.06. The average molecular weight is 573 g/mol. The molecule has 4 atom stereocenters. The van der Waals surface area contributed by atoms with E-state index in [-0.39, 0.29) is 29.8 Å². The quantitative estimate of drug-likeness (QED) is 0.235. The summed E-state index contributed by atoms with van der Waals surface area (Å²) in [6.07, 6.45) is -0.423. The molecular formula is C33H36N2O5S. The molecule has 0 unspecified atom stereocenters. The van der Waals surface area contributed by atoms with Crippen molar-refractivity contribution in [3.8, 4) is 0 Å². The van der Waals surface area contributed by atoms with Crippen LogP contribution in [0.4, 0.5) is 5.69 Å². The van der Waals surface area contributed by atoms with Crippen LogP contribution in [0.1, 0.15) is 54.0 Å². The first-order valence-corrected chi connectivity index (χ1v) is 15.2. The van der Waals surface area contributed by atoms with Gasteiger partial charge in [-0.2, -0.15) is 0 Å². The highest BCUT2D eigenvalue weighted by Crippen LogP contribution is 2.39. The first kappa shape index (κ1) is 29.0. The number of hydrogen-bond donors (Lipinski definition) is 2. The van der Waals surface area contributed by atoms with Gasteiger partial charge in [0.1, 0.15) is 0 Å². The van der Waals surface area contributed by atoms with Crippen molar-refractivity contribution in [3.63, 3.8) is 0 Å². The third kappa shape index (κ3) is 7.22. The maximum Gasteiger partial charge on any atom is 0.261 e. The summed E-state index contributed by atoms with van der Waals surface area (Å²) in [5.41, 5.74) is 4.22. The summed E-state index contributed by atoms with van der Waals surface area (Å²) in [5.74, 6) is 0. The largest absolute Gasteiger partial charge is 0.392 e. The molecule has 8 heteroatoms. The number of nitrogens with one attached hydrogen (secondary N) is 1. The van der Waals surface area contributed by atoms with Gasteiger partial charge in [-0.3, -0.25) is 9.62 Å². The van der Waals surface area contributed by atoms with Crippen molar-refractivity contribution in [2.24, 2.45) is 0 Å². The molecule has 4 aromatic rings. The molecule has 0 aromatic heterocycles. The van der Waals surface area contributed by atoms with Gasteiger partial charge in [-0.25, -0.2) is 8.42 Å². The third-order valence-corrected chi connectivity index (χ3v) is 8.91. The summed E-state index contributed by atoms with van der Waals surface area (Å²) in [5, 5.41) is 9.49. The smallest absolute Gasteiger partial charge is 0.261 e. The number of hydrogen-bond acceptors (Lipinski definition) is 6. The van der Waals surface area contributed by atoms with E-state index in [0.29, 0.717) is 18.7 Å². The zero-order chi connectivity index (χ0) is 28.8. The second-order valence-electron chi connectivity index (χ2n) is 10.4. The second-order valence-corrected chi connectivity index (χ2v) is 12.1. The number of nitrogens with zero attached hydrogens (tertiary/aromatic N) is 1. The molecule has 4 aromatic carbocycles. The molecule has 0 amide bonds. The fourth-order valence-corrected chi connectivity index (χ4v) is 6.13. The Labute approximate surface area is 242 Å². The zero-order valence-corrected chi connectivity index (χ0v) is 24.1. The minimum absolute atomic E-state index is 0.0198. The van der Waals surface area contributed by atoms with Crippen molar-refractivity contribution in [3.05, 3.63) is 131 Å². The van der Waals surface area contributed by atoms with E-state index in [1.807, 2.05) is 48.5 Å². The normalized spacial score (nSPS) is 20.0. The molecule has 0 radical (unpaired) electrons. The van der Waals surface area contributed by atoms with Crippen molar-refractivity contribution >= 4 is 15.7 Å². The van der Waals surface area contributed by atoms with Crippen LogP contribution >= 0.6 is 0 Å². The highest BCUT2D eigenvalue weighted by molar-refractivity contribution is 7.92. The molecule has 0 spiro atoms. The highest BCUT2D eigenvalue weighted by Gasteiger charge is 2.33. The van der Waals surface area contributed by atoms with E-state index in [1.54, 1.807) is 48.5 Å². The lowest BCUT2D eigenvalue weighted by molar-refractivity contribution is -0.253. The summed E-state index contributed by atoms with van der Waals surface area (Å²) in [6.45, 7) is 2.84. The van der Waals surface area contributed by atoms with E-state index < -0.39 is 16.3 Å². The number of aliphatic hydroxyl groups excluding tert-OH is 1. The second kappa shape index (κ2) is 13.0. The lowest BCUT2D eigenvalue weighted by atomic mass is 9.99. The molecule has 214 valence electrons. The Bertz CT molecular complexity index is 1510. The van der Waals surface area contributed by atoms with E-state index >= 15 is 0 Å². The van der Waals surface area contributed by atoms with Crippen LogP contribution in [-0.4, -0.2) is 38.1 Å². The number of rotatable bonds is 10. The Morgan fingerprint density at radius 1 is 0.878 bits per heavy atom. The van der Waals surface area contributed by atoms with Gasteiger partial charge in [0.2, 0.25) is 0 Å². The van der Waals surface area contributed by atoms with Crippen LogP contribution in [0.3, 0.4) is 0 Å². The number of anilines is 1. The Hall–Kier alpha value is -3.53. The number of benzene rings is 4. The van der Waals surface area contributed by atoms with Gasteiger partial charge in [0.25, 0.3) is 10.0 Å². The first-order valence-electron chi connectivity index (χ1n) is 13.8. The van der Waals surface area contributed by atoms with Crippen molar-refractivity contribution in [1.82, 2.24) is 4.90 Å². The van der Waals surface area contributed by atoms with Gasteiger partial charge < -0.3 is 14.6 Å². The van der Waals surface area contributed by atoms with E-state index in [1.165, 1.54) is 5.56 Å². The van der Waals surface area contributed by atoms with Crippen LogP contribution in [-0.2, 0) is 26.1 Å². The molecule has 5 rings (SSSR count). The summed E-state index contributed by atoms with van der Waals surface area (Å²) >= 11 is 0. The lowest BCUT2D eigenvalue weighted by Gasteiger charge is -2.39. The van der Waals surface area contributed by atoms with Gasteiger partial charge in [0.15, 0.2) is 6.29 Å². The van der Waals surface area contributed by atoms with Crippen molar-refractivity contribution in [2.75, 3.05) is 18.3 Å². The summed E-state index contributed by atoms with van der Waals surface area (Å²) < 4.78 is 41.5. The molecular weight excluding hydrogens is 536 g/mol. The van der Waals surface area contributed by atoms with Crippen LogP contribution in [0.25, 0.3) is 0 Å². The van der Waals surface area contributed by atoms with Crippen LogP contribution in [0.15, 0.2) is 114 Å². The lowest BCUT2D eigenvalue weighted by Crippen LogP contribution is -2.38. The molecule has 7 nitrogen and oxygen atoms in total. The molecule has 41 heavy (non-hydrogen) atoms. The topological polar surface area (TPSA) is 88.1 Å². The van der Waals surface area contributed by atoms with Crippen LogP contribution in [0, 0.1) is 0 Å². The maximum absolute atomic E-state index is 12.9.